The highest BCUT2D eigenvalue weighted by Gasteiger charge is 2.57. The van der Waals surface area contributed by atoms with E-state index in [1.807, 2.05) is 4.90 Å². The molecule has 5 aliphatic heterocycles. The first-order chi connectivity index (χ1) is 25.9. The van der Waals surface area contributed by atoms with E-state index in [4.69, 9.17) is 35.3 Å². The highest BCUT2D eigenvalue weighted by atomic mass is 19.3. The summed E-state index contributed by atoms with van der Waals surface area (Å²) in [5.41, 5.74) is -1.48. The molecule has 4 aromatic rings. The van der Waals surface area contributed by atoms with Gasteiger partial charge in [0.25, 0.3) is 5.92 Å². The minimum atomic E-state index is -2.88. The fraction of sp³-hybridized carbons (Fsp3) is 0.474. The molecule has 0 saturated carbocycles. The lowest BCUT2D eigenvalue weighted by atomic mass is 9.94. The number of benzene rings is 2. The van der Waals surface area contributed by atoms with Crippen molar-refractivity contribution in [2.24, 2.45) is 0 Å². The maximum Gasteiger partial charge on any atom is 0.407 e. The molecule has 1 amide bonds. The second-order valence-corrected chi connectivity index (χ2v) is 14.8. The summed E-state index contributed by atoms with van der Waals surface area (Å²) in [6.07, 6.45) is 6.09. The van der Waals surface area contributed by atoms with Crippen LogP contribution in [-0.4, -0.2) is 112 Å². The minimum Gasteiger partial charge on any atom is -0.472 e. The Hall–Kier alpha value is -5.14. The first-order valence-corrected chi connectivity index (χ1v) is 17.9. The number of ether oxygens (including phenoxy) is 4. The van der Waals surface area contributed by atoms with Crippen molar-refractivity contribution in [1.29, 1.82) is 0 Å². The van der Waals surface area contributed by atoms with Crippen LogP contribution in [0.15, 0.2) is 24.3 Å². The number of terminal acetylenes is 1. The van der Waals surface area contributed by atoms with Gasteiger partial charge in [0.05, 0.1) is 35.8 Å². The van der Waals surface area contributed by atoms with Crippen molar-refractivity contribution in [3.63, 3.8) is 0 Å². The summed E-state index contributed by atoms with van der Waals surface area (Å²) in [5, 5.41) is 11.0. The van der Waals surface area contributed by atoms with Crippen molar-refractivity contribution in [2.45, 2.75) is 74.7 Å². The maximum atomic E-state index is 17.5. The third-order valence-corrected chi connectivity index (χ3v) is 11.7. The Labute approximate surface area is 306 Å². The molecule has 7 heterocycles. The Morgan fingerprint density at radius 2 is 1.98 bits per heavy atom. The first-order valence-electron chi connectivity index (χ1n) is 17.9. The second-order valence-electron chi connectivity index (χ2n) is 14.8. The van der Waals surface area contributed by atoms with Crippen molar-refractivity contribution < 1.29 is 46.4 Å². The Morgan fingerprint density at radius 1 is 1.15 bits per heavy atom. The lowest BCUT2D eigenvalue weighted by molar-refractivity contribution is 0.00802. The molecule has 5 aliphatic rings. The quantitative estimate of drug-likeness (QED) is 0.140. The van der Waals surface area contributed by atoms with E-state index in [9.17, 15) is 18.7 Å². The monoisotopic (exact) mass is 748 g/mol. The van der Waals surface area contributed by atoms with Crippen molar-refractivity contribution in [2.75, 3.05) is 45.0 Å². The third-order valence-electron chi connectivity index (χ3n) is 11.7. The van der Waals surface area contributed by atoms with Gasteiger partial charge < -0.3 is 29.0 Å². The van der Waals surface area contributed by atoms with Crippen LogP contribution in [0.4, 0.5) is 28.2 Å². The number of piperazine rings is 1. The summed E-state index contributed by atoms with van der Waals surface area (Å²) in [5.74, 6) is -1.66. The van der Waals surface area contributed by atoms with E-state index < -0.39 is 47.4 Å². The molecule has 54 heavy (non-hydrogen) atoms. The summed E-state index contributed by atoms with van der Waals surface area (Å²) < 4.78 is 85.6. The van der Waals surface area contributed by atoms with Crippen LogP contribution in [-0.2, 0) is 4.74 Å². The number of anilines is 1. The van der Waals surface area contributed by atoms with Gasteiger partial charge in [0.1, 0.15) is 46.7 Å². The van der Waals surface area contributed by atoms with Crippen LogP contribution in [0.2, 0.25) is 0 Å². The largest absolute Gasteiger partial charge is 0.472 e. The second kappa shape index (κ2) is 12.5. The number of fused-ring (bicyclic) bond motifs is 7. The molecule has 2 bridgehead atoms. The minimum absolute atomic E-state index is 0.0337. The van der Waals surface area contributed by atoms with Gasteiger partial charge in [0.15, 0.2) is 12.6 Å². The van der Waals surface area contributed by atoms with Gasteiger partial charge in [-0.1, -0.05) is 12.0 Å². The number of carboxylic acid groups (broad SMARTS) is 1. The van der Waals surface area contributed by atoms with Crippen LogP contribution in [0.3, 0.4) is 0 Å². The van der Waals surface area contributed by atoms with Gasteiger partial charge in [-0.2, -0.15) is 9.97 Å². The number of pyridine rings is 1. The zero-order valence-electron chi connectivity index (χ0n) is 29.5. The number of halogens is 4. The van der Waals surface area contributed by atoms with Gasteiger partial charge in [-0.25, -0.2) is 27.3 Å². The van der Waals surface area contributed by atoms with Gasteiger partial charge >= 0.3 is 12.1 Å². The Balaban J connectivity index is 1.26. The van der Waals surface area contributed by atoms with E-state index in [1.165, 1.54) is 30.2 Å². The van der Waals surface area contributed by atoms with Gasteiger partial charge in [-0.05, 0) is 62.7 Å². The fourth-order valence-corrected chi connectivity index (χ4v) is 9.58. The van der Waals surface area contributed by atoms with Gasteiger partial charge in [0.2, 0.25) is 5.88 Å². The summed E-state index contributed by atoms with van der Waals surface area (Å²) in [6, 6.07) is 4.16. The highest BCUT2D eigenvalue weighted by Crippen LogP contribution is 2.49. The topological polar surface area (TPSA) is 123 Å². The zero-order chi connectivity index (χ0) is 37.7. The zero-order valence-corrected chi connectivity index (χ0v) is 29.5. The normalized spacial score (nSPS) is 26.7. The number of aromatic nitrogens is 3. The number of carbonyl (C=O) groups is 1. The van der Waals surface area contributed by atoms with E-state index in [1.54, 1.807) is 17.9 Å². The Morgan fingerprint density at radius 3 is 2.76 bits per heavy atom. The van der Waals surface area contributed by atoms with Crippen molar-refractivity contribution >= 4 is 33.6 Å². The molecule has 0 spiro atoms. The number of rotatable bonds is 7. The van der Waals surface area contributed by atoms with E-state index in [2.05, 4.69) is 10.9 Å². The summed E-state index contributed by atoms with van der Waals surface area (Å²) in [6.45, 7) is 1.86. The molecule has 5 atom stereocenters. The maximum absolute atomic E-state index is 17.5. The standard InChI is InChI=1S/C38H36F4N6O6/c1-4-23-25(39)8-6-20-12-22(53-18-51-3)13-24(27(20)23)30-29(40)31-28-33(45-35(44-31)52-17-37-10-5-11-46(37)16-38(41,42)15-37)47-14-21-7-9-26(48(21)36(49)50)32(47)19(2)54-34(28)43-30/h1,6,8,12-13,19,21,26,32H,5,7,9-11,14-18H2,2-3H3,(H,49,50). The van der Waals surface area contributed by atoms with Crippen LogP contribution in [0.1, 0.15) is 44.6 Å². The number of hydrogen-bond acceptors (Lipinski definition) is 10. The molecule has 16 heteroatoms. The Bertz CT molecular complexity index is 2270. The van der Waals surface area contributed by atoms with Gasteiger partial charge in [-0.15, -0.1) is 6.42 Å². The van der Waals surface area contributed by atoms with Crippen LogP contribution < -0.4 is 19.1 Å². The number of methoxy groups -OCH3 is 1. The number of alkyl halides is 2. The summed E-state index contributed by atoms with van der Waals surface area (Å²) in [4.78, 5) is 31.6. The average molecular weight is 749 g/mol. The predicted octanol–water partition coefficient (Wildman–Crippen LogP) is 5.82. The molecule has 0 aliphatic carbocycles. The molecule has 282 valence electrons. The van der Waals surface area contributed by atoms with Crippen molar-refractivity contribution in [3.05, 3.63) is 41.5 Å². The molecule has 2 aromatic heterocycles. The molecule has 4 fully saturated rings. The van der Waals surface area contributed by atoms with E-state index in [0.29, 0.717) is 31.2 Å². The predicted molar refractivity (Wildman–Crippen MR) is 187 cm³/mol. The lowest BCUT2D eigenvalue weighted by Crippen LogP contribution is -2.64. The number of nitrogens with zero attached hydrogens (tertiary/aromatic N) is 6. The molecule has 4 saturated heterocycles. The molecular formula is C38H36F4N6O6. The average Bonchev–Trinajstić information content (AvgIpc) is 3.72. The molecule has 9 rings (SSSR count). The fourth-order valence-electron chi connectivity index (χ4n) is 9.58. The summed E-state index contributed by atoms with van der Waals surface area (Å²) >= 11 is 0. The molecule has 2 aromatic carbocycles. The lowest BCUT2D eigenvalue weighted by Gasteiger charge is -2.47. The van der Waals surface area contributed by atoms with Gasteiger partial charge in [-0.3, -0.25) is 9.80 Å². The molecule has 1 N–H and O–H groups in total. The molecule has 12 nitrogen and oxygen atoms in total. The van der Waals surface area contributed by atoms with Crippen LogP contribution in [0.25, 0.3) is 32.9 Å². The van der Waals surface area contributed by atoms with Gasteiger partial charge in [0, 0.05) is 31.0 Å². The van der Waals surface area contributed by atoms with E-state index in [-0.39, 0.29) is 95.5 Å². The number of amides is 1. The van der Waals surface area contributed by atoms with Crippen LogP contribution >= 0.6 is 0 Å². The summed E-state index contributed by atoms with van der Waals surface area (Å²) in [7, 11) is 1.44. The van der Waals surface area contributed by atoms with Crippen molar-refractivity contribution in [3.8, 4) is 41.2 Å². The van der Waals surface area contributed by atoms with E-state index in [0.717, 1.165) is 6.42 Å². The van der Waals surface area contributed by atoms with E-state index >= 15 is 8.78 Å². The first kappa shape index (κ1) is 34.6. The molecule has 5 unspecified atom stereocenters. The Kier molecular flexibility index (Phi) is 7.98. The van der Waals surface area contributed by atoms with Crippen LogP contribution in [0.5, 0.6) is 17.6 Å². The van der Waals surface area contributed by atoms with Crippen molar-refractivity contribution in [1.82, 2.24) is 24.8 Å². The van der Waals surface area contributed by atoms with Crippen LogP contribution in [0, 0.1) is 24.0 Å². The smallest absolute Gasteiger partial charge is 0.407 e. The molecule has 0 radical (unpaired) electrons. The number of hydrogen-bond donors (Lipinski definition) is 1. The SMILES string of the molecule is C#Cc1c(F)ccc2cc(OCOC)cc(-c3nc4c5c(nc(OCC67CCCN6CC(F)(F)C7)nc5c3F)N3CC5CCC(C3C(C)O4)N5C(=O)O)c12. The third kappa shape index (κ3) is 5.26. The highest BCUT2D eigenvalue weighted by molar-refractivity contribution is 6.04. The molecular weight excluding hydrogens is 712 g/mol.